The molecule has 4 aromatic rings. The lowest BCUT2D eigenvalue weighted by Crippen LogP contribution is -2.17. The molecule has 2 N–H and O–H groups in total. The van der Waals surface area contributed by atoms with E-state index >= 15 is 0 Å². The number of hydrogen-bond acceptors (Lipinski definition) is 6. The lowest BCUT2D eigenvalue weighted by atomic mass is 9.92. The smallest absolute Gasteiger partial charge is 0.417 e. The standard InChI is InChI=1S/C28H25ClF3N3O3/c1-37-23-15-17(9-10-18(23)16-33-13-14-36)27-26(29)20(11-12-34-27)19-5-3-6-21(25(19)28(30,31)32)22-7-4-8-24(35-22)38-2/h3-12,15,33,36H,13-14,16H2,1-2H3. The number of aromatic nitrogens is 2. The van der Waals surface area contributed by atoms with Crippen molar-refractivity contribution in [2.45, 2.75) is 12.7 Å². The highest BCUT2D eigenvalue weighted by Gasteiger charge is 2.37. The number of nitrogens with zero attached hydrogens (tertiary/aromatic N) is 2. The largest absolute Gasteiger partial charge is 0.496 e. The SMILES string of the molecule is COc1cccc(-c2cccc(-c3ccnc(-c4ccc(CNCCO)c(OC)c4)c3Cl)c2C(F)(F)F)n1. The number of alkyl halides is 3. The first kappa shape index (κ1) is 27.4. The highest BCUT2D eigenvalue weighted by atomic mass is 35.5. The zero-order chi connectivity index (χ0) is 27.3. The summed E-state index contributed by atoms with van der Waals surface area (Å²) >= 11 is 6.74. The maximum absolute atomic E-state index is 14.5. The first-order valence-electron chi connectivity index (χ1n) is 11.6. The van der Waals surface area contributed by atoms with Gasteiger partial charge in [-0.05, 0) is 23.8 Å². The number of hydrogen-bond donors (Lipinski definition) is 2. The van der Waals surface area contributed by atoms with Crippen LogP contribution in [0.2, 0.25) is 5.02 Å². The summed E-state index contributed by atoms with van der Waals surface area (Å²) in [7, 11) is 2.92. The quantitative estimate of drug-likeness (QED) is 0.243. The Morgan fingerprint density at radius 1 is 0.947 bits per heavy atom. The first-order valence-corrected chi connectivity index (χ1v) is 12.0. The van der Waals surface area contributed by atoms with E-state index in [0.717, 1.165) is 5.56 Å². The molecule has 0 saturated heterocycles. The molecule has 0 aliphatic rings. The van der Waals surface area contributed by atoms with Crippen LogP contribution in [0.1, 0.15) is 11.1 Å². The molecule has 0 spiro atoms. The van der Waals surface area contributed by atoms with E-state index in [2.05, 4.69) is 15.3 Å². The van der Waals surface area contributed by atoms with Gasteiger partial charge in [0.1, 0.15) is 5.75 Å². The second-order valence-electron chi connectivity index (χ2n) is 8.24. The molecule has 0 saturated carbocycles. The van der Waals surface area contributed by atoms with Gasteiger partial charge in [-0.1, -0.05) is 48.0 Å². The zero-order valence-electron chi connectivity index (χ0n) is 20.6. The minimum Gasteiger partial charge on any atom is -0.496 e. The van der Waals surface area contributed by atoms with Crippen molar-refractivity contribution in [2.75, 3.05) is 27.4 Å². The summed E-state index contributed by atoms with van der Waals surface area (Å²) in [6, 6.07) is 15.7. The monoisotopic (exact) mass is 543 g/mol. The summed E-state index contributed by atoms with van der Waals surface area (Å²) in [6.07, 6.45) is -3.27. The van der Waals surface area contributed by atoms with Crippen molar-refractivity contribution in [3.05, 3.63) is 83.0 Å². The van der Waals surface area contributed by atoms with Crippen LogP contribution in [-0.4, -0.2) is 42.4 Å². The summed E-state index contributed by atoms with van der Waals surface area (Å²) in [5.41, 5.74) is 1.00. The van der Waals surface area contributed by atoms with Crippen LogP contribution in [0.4, 0.5) is 13.2 Å². The summed E-state index contributed by atoms with van der Waals surface area (Å²) in [5, 5.41) is 12.1. The highest BCUT2D eigenvalue weighted by molar-refractivity contribution is 6.35. The fraction of sp³-hybridized carbons (Fsp3) is 0.214. The van der Waals surface area contributed by atoms with Crippen LogP contribution < -0.4 is 14.8 Å². The normalized spacial score (nSPS) is 11.4. The van der Waals surface area contributed by atoms with Crippen LogP contribution >= 0.6 is 11.6 Å². The molecule has 0 amide bonds. The van der Waals surface area contributed by atoms with E-state index in [1.54, 1.807) is 24.3 Å². The molecule has 0 atom stereocenters. The third-order valence-corrected chi connectivity index (χ3v) is 6.28. The van der Waals surface area contributed by atoms with Crippen LogP contribution in [-0.2, 0) is 12.7 Å². The number of aliphatic hydroxyl groups is 1. The van der Waals surface area contributed by atoms with Gasteiger partial charge in [0, 0.05) is 47.6 Å². The minimum absolute atomic E-state index is 0.00170. The van der Waals surface area contributed by atoms with Gasteiger partial charge in [0.2, 0.25) is 5.88 Å². The van der Waals surface area contributed by atoms with Crippen LogP contribution in [0.25, 0.3) is 33.6 Å². The molecule has 4 rings (SSSR count). The molecule has 0 radical (unpaired) electrons. The van der Waals surface area contributed by atoms with Crippen molar-refractivity contribution < 1.29 is 27.8 Å². The third-order valence-electron chi connectivity index (χ3n) is 5.90. The fourth-order valence-electron chi connectivity index (χ4n) is 4.17. The van der Waals surface area contributed by atoms with E-state index in [0.29, 0.717) is 30.1 Å². The van der Waals surface area contributed by atoms with Crippen molar-refractivity contribution in [2.24, 2.45) is 0 Å². The topological polar surface area (TPSA) is 76.5 Å². The van der Waals surface area contributed by atoms with Crippen molar-refractivity contribution in [3.63, 3.8) is 0 Å². The fourth-order valence-corrected chi connectivity index (χ4v) is 4.49. The molecule has 0 unspecified atom stereocenters. The van der Waals surface area contributed by atoms with E-state index in [-0.39, 0.29) is 39.9 Å². The number of halogens is 4. The van der Waals surface area contributed by atoms with E-state index in [1.165, 1.54) is 50.7 Å². The van der Waals surface area contributed by atoms with Gasteiger partial charge in [0.15, 0.2) is 0 Å². The van der Waals surface area contributed by atoms with Gasteiger partial charge >= 0.3 is 6.18 Å². The lowest BCUT2D eigenvalue weighted by Gasteiger charge is -2.19. The van der Waals surface area contributed by atoms with Gasteiger partial charge in [-0.3, -0.25) is 4.98 Å². The summed E-state index contributed by atoms with van der Waals surface area (Å²) in [4.78, 5) is 8.58. The molecule has 10 heteroatoms. The molecule has 2 heterocycles. The Kier molecular flexibility index (Phi) is 8.51. The second kappa shape index (κ2) is 11.8. The van der Waals surface area contributed by atoms with Crippen LogP contribution in [0, 0.1) is 0 Å². The third kappa shape index (κ3) is 5.75. The molecule has 0 aliphatic heterocycles. The number of methoxy groups -OCH3 is 2. The van der Waals surface area contributed by atoms with E-state index in [4.69, 9.17) is 26.2 Å². The Bertz CT molecular complexity index is 1430. The first-order chi connectivity index (χ1) is 18.3. The Hall–Kier alpha value is -3.66. The van der Waals surface area contributed by atoms with Crippen molar-refractivity contribution in [1.29, 1.82) is 0 Å². The van der Waals surface area contributed by atoms with Gasteiger partial charge in [-0.25, -0.2) is 4.98 Å². The van der Waals surface area contributed by atoms with Crippen molar-refractivity contribution in [1.82, 2.24) is 15.3 Å². The Morgan fingerprint density at radius 3 is 2.42 bits per heavy atom. The molecular formula is C28H25ClF3N3O3. The highest BCUT2D eigenvalue weighted by Crippen LogP contribution is 2.46. The predicted molar refractivity (Wildman–Crippen MR) is 140 cm³/mol. The average molecular weight is 544 g/mol. The number of aliphatic hydroxyl groups excluding tert-OH is 1. The number of benzene rings is 2. The van der Waals surface area contributed by atoms with Gasteiger partial charge < -0.3 is 19.9 Å². The summed E-state index contributed by atoms with van der Waals surface area (Å²) < 4.78 is 54.2. The van der Waals surface area contributed by atoms with Crippen molar-refractivity contribution >= 4 is 11.6 Å². The number of pyridine rings is 2. The van der Waals surface area contributed by atoms with Crippen LogP contribution in [0.3, 0.4) is 0 Å². The molecule has 0 aliphatic carbocycles. The molecule has 198 valence electrons. The summed E-state index contributed by atoms with van der Waals surface area (Å²) in [5.74, 6) is 0.757. The molecule has 38 heavy (non-hydrogen) atoms. The molecule has 2 aromatic heterocycles. The molecule has 0 fully saturated rings. The Balaban J connectivity index is 1.84. The molecule has 2 aromatic carbocycles. The van der Waals surface area contributed by atoms with Crippen LogP contribution in [0.5, 0.6) is 11.6 Å². The second-order valence-corrected chi connectivity index (χ2v) is 8.62. The van der Waals surface area contributed by atoms with E-state index in [9.17, 15) is 13.2 Å². The predicted octanol–water partition coefficient (Wildman–Crippen LogP) is 6.25. The maximum Gasteiger partial charge on any atom is 0.417 e. The maximum atomic E-state index is 14.5. The van der Waals surface area contributed by atoms with Crippen molar-refractivity contribution in [3.8, 4) is 45.3 Å². The number of ether oxygens (including phenoxy) is 2. The Morgan fingerprint density at radius 2 is 1.71 bits per heavy atom. The average Bonchev–Trinajstić information content (AvgIpc) is 2.92. The summed E-state index contributed by atoms with van der Waals surface area (Å²) in [6.45, 7) is 0.888. The number of nitrogens with one attached hydrogen (secondary N) is 1. The van der Waals surface area contributed by atoms with E-state index < -0.39 is 11.7 Å². The van der Waals surface area contributed by atoms with Crippen LogP contribution in [0.15, 0.2) is 66.9 Å². The lowest BCUT2D eigenvalue weighted by molar-refractivity contribution is -0.136. The van der Waals surface area contributed by atoms with Gasteiger partial charge in [-0.15, -0.1) is 0 Å². The zero-order valence-corrected chi connectivity index (χ0v) is 21.4. The van der Waals surface area contributed by atoms with Gasteiger partial charge in [-0.2, -0.15) is 13.2 Å². The molecule has 6 nitrogen and oxygen atoms in total. The molecule has 0 bridgehead atoms. The van der Waals surface area contributed by atoms with E-state index in [1.807, 2.05) is 6.07 Å². The Labute approximate surface area is 223 Å². The van der Waals surface area contributed by atoms with Gasteiger partial charge in [0.05, 0.1) is 42.8 Å². The minimum atomic E-state index is -4.70. The number of rotatable bonds is 9. The molecular weight excluding hydrogens is 519 g/mol. The van der Waals surface area contributed by atoms with Gasteiger partial charge in [0.25, 0.3) is 0 Å².